The first kappa shape index (κ1) is 41.7. The summed E-state index contributed by atoms with van der Waals surface area (Å²) >= 11 is 0. The SMILES string of the molecule is Cn1cc(-c2c[nH]c3cc(F)ccc23)cn1.FC(F)(F)c1ccc2c(-c3cn[nH]c3)c[nH]c2c1.Fc1cc2[nH]cc(-c3cn[nH]c3)c2cc1F.Fc1ccc2c(-c3cn[nH]c3)c[nH]c2c1. The molecule has 0 saturated carbocycles. The summed E-state index contributed by atoms with van der Waals surface area (Å²) in [5.41, 5.74) is 9.35. The number of hydrogen-bond acceptors (Lipinski definition) is 4. The van der Waals surface area contributed by atoms with Gasteiger partial charge in [-0.15, -0.1) is 0 Å². The third kappa shape index (κ3) is 8.74. The normalized spacial score (nSPS) is 11.4. The van der Waals surface area contributed by atoms with Gasteiger partial charge in [-0.3, -0.25) is 20.0 Å². The molecule has 0 radical (unpaired) electrons. The van der Waals surface area contributed by atoms with Gasteiger partial charge in [0.15, 0.2) is 11.6 Å². The van der Waals surface area contributed by atoms with Crippen LogP contribution in [0.15, 0.2) is 141 Å². The molecule has 0 amide bonds. The summed E-state index contributed by atoms with van der Waals surface area (Å²) in [5, 5.41) is 27.1. The van der Waals surface area contributed by atoms with Gasteiger partial charge in [0.1, 0.15) is 11.6 Å². The van der Waals surface area contributed by atoms with Gasteiger partial charge < -0.3 is 19.9 Å². The summed E-state index contributed by atoms with van der Waals surface area (Å²) in [7, 11) is 1.87. The first-order valence-corrected chi connectivity index (χ1v) is 19.5. The highest BCUT2D eigenvalue weighted by Gasteiger charge is 2.30. The Morgan fingerprint density at radius 3 is 1.29 bits per heavy atom. The molecule has 4 aromatic carbocycles. The van der Waals surface area contributed by atoms with E-state index in [0.717, 1.165) is 89.9 Å². The van der Waals surface area contributed by atoms with Crippen molar-refractivity contribution < 1.29 is 30.7 Å². The largest absolute Gasteiger partial charge is 0.416 e. The minimum absolute atomic E-state index is 0.230. The molecule has 8 heterocycles. The van der Waals surface area contributed by atoms with Crippen molar-refractivity contribution in [3.63, 3.8) is 0 Å². The number of nitrogens with zero attached hydrogens (tertiary/aromatic N) is 5. The van der Waals surface area contributed by atoms with Gasteiger partial charge in [-0.05, 0) is 54.6 Å². The highest BCUT2D eigenvalue weighted by Crippen LogP contribution is 2.35. The second-order valence-corrected chi connectivity index (χ2v) is 14.6. The van der Waals surface area contributed by atoms with Crippen LogP contribution in [-0.2, 0) is 13.2 Å². The van der Waals surface area contributed by atoms with Crippen LogP contribution in [0.4, 0.5) is 30.7 Å². The Balaban J connectivity index is 0.000000110. The van der Waals surface area contributed by atoms with E-state index in [1.54, 1.807) is 66.4 Å². The third-order valence-corrected chi connectivity index (χ3v) is 10.5. The zero-order valence-electron chi connectivity index (χ0n) is 33.7. The molecule has 0 spiro atoms. The minimum atomic E-state index is -4.32. The maximum Gasteiger partial charge on any atom is 0.416 e. The lowest BCUT2D eigenvalue weighted by atomic mass is 10.1. The van der Waals surface area contributed by atoms with Crippen LogP contribution >= 0.6 is 0 Å². The summed E-state index contributed by atoms with van der Waals surface area (Å²) in [5.74, 6) is -2.17. The Morgan fingerprint density at radius 2 is 0.862 bits per heavy atom. The van der Waals surface area contributed by atoms with E-state index in [-0.39, 0.29) is 11.6 Å². The topological polar surface area (TPSA) is 167 Å². The molecule has 0 fully saturated rings. The molecule has 0 bridgehead atoms. The predicted molar refractivity (Wildman–Crippen MR) is 233 cm³/mol. The smallest absolute Gasteiger partial charge is 0.361 e. The Hall–Kier alpha value is -8.61. The second-order valence-electron chi connectivity index (χ2n) is 14.6. The first-order chi connectivity index (χ1) is 31.4. The lowest BCUT2D eigenvalue weighted by Gasteiger charge is -2.06. The van der Waals surface area contributed by atoms with Crippen LogP contribution in [0.2, 0.25) is 0 Å². The van der Waals surface area contributed by atoms with E-state index < -0.39 is 23.4 Å². The molecule has 12 aromatic rings. The van der Waals surface area contributed by atoms with Crippen LogP contribution in [0.3, 0.4) is 0 Å². The van der Waals surface area contributed by atoms with E-state index >= 15 is 0 Å². The molecule has 0 aliphatic heterocycles. The predicted octanol–water partition coefficient (Wildman–Crippen LogP) is 11.8. The van der Waals surface area contributed by atoms with Crippen molar-refractivity contribution in [3.05, 3.63) is 170 Å². The van der Waals surface area contributed by atoms with Crippen molar-refractivity contribution in [1.29, 1.82) is 0 Å². The molecule has 0 atom stereocenters. The van der Waals surface area contributed by atoms with Gasteiger partial charge in [-0.2, -0.15) is 33.6 Å². The summed E-state index contributed by atoms with van der Waals surface area (Å²) in [6.07, 6.45) is 16.7. The number of alkyl halides is 3. The highest BCUT2D eigenvalue weighted by molar-refractivity contribution is 5.98. The second kappa shape index (κ2) is 17.3. The fraction of sp³-hybridized carbons (Fsp3) is 0.0435. The lowest BCUT2D eigenvalue weighted by molar-refractivity contribution is -0.137. The molecular weight excluding hydrogens is 854 g/mol. The van der Waals surface area contributed by atoms with Gasteiger partial charge in [0.2, 0.25) is 0 Å². The first-order valence-electron chi connectivity index (χ1n) is 19.5. The zero-order chi connectivity index (χ0) is 45.2. The summed E-state index contributed by atoms with van der Waals surface area (Å²) in [6, 6.07) is 15.4. The molecule has 0 aliphatic carbocycles. The number of aromatic amines is 7. The van der Waals surface area contributed by atoms with Gasteiger partial charge in [0.25, 0.3) is 0 Å². The fourth-order valence-electron chi connectivity index (χ4n) is 7.33. The van der Waals surface area contributed by atoms with Crippen molar-refractivity contribution in [2.75, 3.05) is 0 Å². The van der Waals surface area contributed by atoms with Crippen LogP contribution in [0, 0.1) is 23.3 Å². The number of aromatic nitrogens is 12. The highest BCUT2D eigenvalue weighted by atomic mass is 19.4. The van der Waals surface area contributed by atoms with Gasteiger partial charge in [-0.1, -0.05) is 6.07 Å². The van der Waals surface area contributed by atoms with Gasteiger partial charge in [-0.25, -0.2) is 17.6 Å². The monoisotopic (exact) mass is 886 g/mol. The molecule has 65 heavy (non-hydrogen) atoms. The summed E-state index contributed by atoms with van der Waals surface area (Å²) in [4.78, 5) is 11.8. The van der Waals surface area contributed by atoms with Crippen LogP contribution in [0.5, 0.6) is 0 Å². The van der Waals surface area contributed by atoms with E-state index in [4.69, 9.17) is 0 Å². The number of benzene rings is 4. The number of H-pyrrole nitrogens is 7. The standard InChI is InChI=1S/C12H8F3N3.C12H10FN3.C11H7F2N3.C11H8FN3/c13-12(14,15)8-1-2-9-10(6-16-11(9)3-8)7-4-17-18-5-7;1-16-7-8(5-15-16)11-6-14-12-4-9(13)2-3-10(11)12;12-9-1-7-8(6-3-15-16-4-6)5-14-11(7)2-10(9)13;12-8-1-2-9-10(6-13-11(9)3-8)7-4-14-15-5-7/h1-6,16H,(H,17,18);2-7,14H,1H3;1-5,14H,(H,15,16);1-6,13H,(H,14,15). The molecule has 7 N–H and O–H groups in total. The van der Waals surface area contributed by atoms with Gasteiger partial charge in [0, 0.05) is 151 Å². The minimum Gasteiger partial charge on any atom is -0.361 e. The van der Waals surface area contributed by atoms with Gasteiger partial charge in [0.05, 0.1) is 30.4 Å². The van der Waals surface area contributed by atoms with Crippen molar-refractivity contribution in [2.24, 2.45) is 7.05 Å². The average molecular weight is 887 g/mol. The summed E-state index contributed by atoms with van der Waals surface area (Å²) in [6.45, 7) is 0. The molecule has 19 heteroatoms. The van der Waals surface area contributed by atoms with Crippen LogP contribution < -0.4 is 0 Å². The van der Waals surface area contributed by atoms with E-state index in [2.05, 4.69) is 55.6 Å². The van der Waals surface area contributed by atoms with Crippen LogP contribution in [0.25, 0.3) is 88.1 Å². The number of aryl methyl sites for hydroxylation is 1. The van der Waals surface area contributed by atoms with Crippen molar-refractivity contribution >= 4 is 43.6 Å². The van der Waals surface area contributed by atoms with Gasteiger partial charge >= 0.3 is 6.18 Å². The molecule has 8 aromatic heterocycles. The Morgan fingerprint density at radius 1 is 0.446 bits per heavy atom. The van der Waals surface area contributed by atoms with Crippen molar-refractivity contribution in [1.82, 2.24) is 60.3 Å². The Kier molecular flexibility index (Phi) is 11.1. The Bertz CT molecular complexity index is 3500. The Labute approximate surface area is 361 Å². The van der Waals surface area contributed by atoms with E-state index in [9.17, 15) is 30.7 Å². The maximum absolute atomic E-state index is 13.1. The number of hydrogen-bond donors (Lipinski definition) is 7. The average Bonchev–Trinajstić information content (AvgIpc) is 4.13. The van der Waals surface area contributed by atoms with Crippen LogP contribution in [0.1, 0.15) is 5.56 Å². The third-order valence-electron chi connectivity index (χ3n) is 10.5. The van der Waals surface area contributed by atoms with E-state index in [1.807, 2.05) is 31.8 Å². The number of nitrogens with one attached hydrogen (secondary N) is 7. The lowest BCUT2D eigenvalue weighted by Crippen LogP contribution is -2.04. The molecule has 12 nitrogen and oxygen atoms in total. The molecule has 0 unspecified atom stereocenters. The fourth-order valence-corrected chi connectivity index (χ4v) is 7.33. The molecule has 12 rings (SSSR count). The van der Waals surface area contributed by atoms with Crippen molar-refractivity contribution in [2.45, 2.75) is 6.18 Å². The summed E-state index contributed by atoms with van der Waals surface area (Å²) < 4.78 is 91.5. The zero-order valence-corrected chi connectivity index (χ0v) is 33.7. The molecule has 0 saturated heterocycles. The van der Waals surface area contributed by atoms with E-state index in [1.165, 1.54) is 36.4 Å². The number of halogens is 7. The molecule has 0 aliphatic rings. The number of rotatable bonds is 4. The quantitative estimate of drug-likeness (QED) is 0.0875. The van der Waals surface area contributed by atoms with Crippen molar-refractivity contribution in [3.8, 4) is 44.5 Å². The molecular formula is C46H33F7N12. The molecule has 326 valence electrons. The number of fused-ring (bicyclic) bond motifs is 4. The van der Waals surface area contributed by atoms with Crippen LogP contribution in [-0.4, -0.2) is 60.3 Å². The maximum atomic E-state index is 13.1. The van der Waals surface area contributed by atoms with E-state index in [0.29, 0.717) is 16.4 Å².